The topological polar surface area (TPSA) is 57.7 Å². The van der Waals surface area contributed by atoms with Crippen LogP contribution in [0.1, 0.15) is 11.1 Å². The molecule has 5 nitrogen and oxygen atoms in total. The quantitative estimate of drug-likeness (QED) is 0.551. The van der Waals surface area contributed by atoms with Gasteiger partial charge in [0, 0.05) is 13.6 Å². The van der Waals surface area contributed by atoms with Crippen LogP contribution in [-0.4, -0.2) is 32.8 Å². The van der Waals surface area contributed by atoms with Gasteiger partial charge in [-0.1, -0.05) is 29.8 Å². The van der Waals surface area contributed by atoms with E-state index >= 15 is 0 Å². The first-order valence-electron chi connectivity index (χ1n) is 9.50. The molecule has 0 unspecified atom stereocenters. The van der Waals surface area contributed by atoms with E-state index < -0.39 is 34.1 Å². The maximum absolute atomic E-state index is 13.4. The van der Waals surface area contributed by atoms with Crippen molar-refractivity contribution in [1.82, 2.24) is 4.90 Å². The van der Waals surface area contributed by atoms with Gasteiger partial charge in [0.25, 0.3) is 10.0 Å². The van der Waals surface area contributed by atoms with Crippen molar-refractivity contribution in [3.63, 3.8) is 0 Å². The van der Waals surface area contributed by atoms with Gasteiger partial charge in [0.1, 0.15) is 18.2 Å². The lowest BCUT2D eigenvalue weighted by atomic mass is 10.1. The highest BCUT2D eigenvalue weighted by molar-refractivity contribution is 7.92. The van der Waals surface area contributed by atoms with Gasteiger partial charge in [-0.05, 0) is 61.0 Å². The van der Waals surface area contributed by atoms with Crippen LogP contribution in [0.5, 0.6) is 0 Å². The van der Waals surface area contributed by atoms with Gasteiger partial charge in [-0.25, -0.2) is 17.2 Å². The summed E-state index contributed by atoms with van der Waals surface area (Å²) in [5.41, 5.74) is 2.12. The second-order valence-corrected chi connectivity index (χ2v) is 9.04. The van der Waals surface area contributed by atoms with Gasteiger partial charge in [0.05, 0.1) is 10.6 Å². The summed E-state index contributed by atoms with van der Waals surface area (Å²) in [6.07, 6.45) is 0. The van der Waals surface area contributed by atoms with Crippen LogP contribution in [0.15, 0.2) is 77.7 Å². The van der Waals surface area contributed by atoms with Gasteiger partial charge in [-0.2, -0.15) is 0 Å². The number of hydrogen-bond acceptors (Lipinski definition) is 3. The lowest BCUT2D eigenvalue weighted by Crippen LogP contribution is -2.41. The SMILES string of the molecule is Cc1ccc(CN(C)C(=O)CN(c2ccc(F)cc2)S(=O)(=O)c2ccc(F)cc2)cc1. The fourth-order valence-corrected chi connectivity index (χ4v) is 4.37. The molecule has 0 N–H and O–H groups in total. The van der Waals surface area contributed by atoms with E-state index in [2.05, 4.69) is 0 Å². The second kappa shape index (κ2) is 9.26. The molecule has 8 heteroatoms. The van der Waals surface area contributed by atoms with Crippen molar-refractivity contribution in [3.8, 4) is 0 Å². The number of sulfonamides is 1. The van der Waals surface area contributed by atoms with Crippen molar-refractivity contribution in [2.75, 3.05) is 17.9 Å². The fourth-order valence-electron chi connectivity index (χ4n) is 2.96. The van der Waals surface area contributed by atoms with Gasteiger partial charge in [-0.3, -0.25) is 9.10 Å². The summed E-state index contributed by atoms with van der Waals surface area (Å²) in [6.45, 7) is 1.76. The van der Waals surface area contributed by atoms with E-state index in [-0.39, 0.29) is 10.6 Å². The molecule has 0 aliphatic rings. The van der Waals surface area contributed by atoms with E-state index in [1.165, 1.54) is 17.0 Å². The third kappa shape index (κ3) is 5.46. The Morgan fingerprint density at radius 1 is 0.839 bits per heavy atom. The molecule has 0 bridgehead atoms. The van der Waals surface area contributed by atoms with E-state index in [0.717, 1.165) is 51.8 Å². The standard InChI is InChI=1S/C23H22F2N2O3S/c1-17-3-5-18(6-4-17)15-26(2)23(28)16-27(21-11-7-19(24)8-12-21)31(29,30)22-13-9-20(25)10-14-22/h3-14H,15-16H2,1-2H3. The molecule has 0 aliphatic heterocycles. The summed E-state index contributed by atoms with van der Waals surface area (Å²) >= 11 is 0. The Hall–Kier alpha value is -3.26. The van der Waals surface area contributed by atoms with Crippen LogP contribution in [0.25, 0.3) is 0 Å². The first kappa shape index (κ1) is 22.4. The number of rotatable bonds is 7. The molecule has 0 atom stereocenters. The number of amides is 1. The minimum Gasteiger partial charge on any atom is -0.340 e. The molecule has 31 heavy (non-hydrogen) atoms. The number of anilines is 1. The highest BCUT2D eigenvalue weighted by Gasteiger charge is 2.28. The number of halogens is 2. The summed E-state index contributed by atoms with van der Waals surface area (Å²) < 4.78 is 54.0. The first-order valence-corrected chi connectivity index (χ1v) is 10.9. The Morgan fingerprint density at radius 2 is 1.35 bits per heavy atom. The van der Waals surface area contributed by atoms with E-state index in [1.54, 1.807) is 7.05 Å². The first-order chi connectivity index (χ1) is 14.7. The van der Waals surface area contributed by atoms with Crippen molar-refractivity contribution >= 4 is 21.6 Å². The Morgan fingerprint density at radius 3 is 1.90 bits per heavy atom. The number of aryl methyl sites for hydroxylation is 1. The third-order valence-electron chi connectivity index (χ3n) is 4.76. The predicted octanol–water partition coefficient (Wildman–Crippen LogP) is 4.13. The Balaban J connectivity index is 1.89. The molecule has 3 rings (SSSR count). The average Bonchev–Trinajstić information content (AvgIpc) is 2.74. The van der Waals surface area contributed by atoms with Crippen LogP contribution in [0, 0.1) is 18.6 Å². The summed E-state index contributed by atoms with van der Waals surface area (Å²) in [5, 5.41) is 0. The van der Waals surface area contributed by atoms with Gasteiger partial charge >= 0.3 is 0 Å². The highest BCUT2D eigenvalue weighted by Crippen LogP contribution is 2.24. The smallest absolute Gasteiger partial charge is 0.264 e. The number of benzene rings is 3. The van der Waals surface area contributed by atoms with Gasteiger partial charge in [0.2, 0.25) is 5.91 Å². The summed E-state index contributed by atoms with van der Waals surface area (Å²) in [5.74, 6) is -1.57. The molecule has 0 saturated heterocycles. The van der Waals surface area contributed by atoms with E-state index in [9.17, 15) is 22.0 Å². The van der Waals surface area contributed by atoms with Crippen molar-refractivity contribution in [1.29, 1.82) is 0 Å². The largest absolute Gasteiger partial charge is 0.340 e. The normalized spacial score (nSPS) is 11.2. The molecule has 0 aromatic heterocycles. The zero-order chi connectivity index (χ0) is 22.6. The van der Waals surface area contributed by atoms with Crippen LogP contribution < -0.4 is 4.31 Å². The minimum atomic E-state index is -4.19. The summed E-state index contributed by atoms with van der Waals surface area (Å²) in [7, 11) is -2.62. The van der Waals surface area contributed by atoms with Crippen molar-refractivity contribution < 1.29 is 22.0 Å². The number of carbonyl (C=O) groups is 1. The van der Waals surface area contributed by atoms with Crippen LogP contribution in [0.2, 0.25) is 0 Å². The highest BCUT2D eigenvalue weighted by atomic mass is 32.2. The van der Waals surface area contributed by atoms with Crippen LogP contribution in [0.3, 0.4) is 0 Å². The molecule has 162 valence electrons. The Kier molecular flexibility index (Phi) is 6.70. The predicted molar refractivity (Wildman–Crippen MR) is 115 cm³/mol. The Bertz CT molecular complexity index is 1150. The van der Waals surface area contributed by atoms with Crippen LogP contribution in [-0.2, 0) is 21.4 Å². The number of nitrogens with zero attached hydrogens (tertiary/aromatic N) is 2. The second-order valence-electron chi connectivity index (χ2n) is 7.18. The molecule has 1 amide bonds. The van der Waals surface area contributed by atoms with Crippen LogP contribution >= 0.6 is 0 Å². The third-order valence-corrected chi connectivity index (χ3v) is 6.55. The molecular weight excluding hydrogens is 422 g/mol. The van der Waals surface area contributed by atoms with Gasteiger partial charge in [0.15, 0.2) is 0 Å². The molecule has 3 aromatic rings. The molecule has 0 saturated carbocycles. The van der Waals surface area contributed by atoms with Gasteiger partial charge < -0.3 is 4.90 Å². The van der Waals surface area contributed by atoms with E-state index in [4.69, 9.17) is 0 Å². The molecule has 0 radical (unpaired) electrons. The molecule has 0 fully saturated rings. The molecule has 0 aliphatic carbocycles. The minimum absolute atomic E-state index is 0.128. The number of hydrogen-bond donors (Lipinski definition) is 0. The molecule has 0 heterocycles. The number of likely N-dealkylation sites (N-methyl/N-ethyl adjacent to an activating group) is 1. The molecule has 0 spiro atoms. The molecule has 3 aromatic carbocycles. The lowest BCUT2D eigenvalue weighted by Gasteiger charge is -2.26. The number of carbonyl (C=O) groups excluding carboxylic acids is 1. The van der Waals surface area contributed by atoms with E-state index in [0.29, 0.717) is 6.54 Å². The average molecular weight is 445 g/mol. The Labute approximate surface area is 180 Å². The molecular formula is C23H22F2N2O3S. The summed E-state index contributed by atoms with van der Waals surface area (Å²) in [4.78, 5) is 14.1. The van der Waals surface area contributed by atoms with Gasteiger partial charge in [-0.15, -0.1) is 0 Å². The maximum atomic E-state index is 13.4. The zero-order valence-corrected chi connectivity index (χ0v) is 17.9. The zero-order valence-electron chi connectivity index (χ0n) is 17.1. The maximum Gasteiger partial charge on any atom is 0.264 e. The summed E-state index contributed by atoms with van der Waals surface area (Å²) in [6, 6.07) is 16.7. The lowest BCUT2D eigenvalue weighted by molar-refractivity contribution is -0.128. The van der Waals surface area contributed by atoms with E-state index in [1.807, 2.05) is 31.2 Å². The van der Waals surface area contributed by atoms with Crippen molar-refractivity contribution in [2.45, 2.75) is 18.4 Å². The van der Waals surface area contributed by atoms with Crippen molar-refractivity contribution in [3.05, 3.63) is 95.6 Å². The monoisotopic (exact) mass is 444 g/mol. The van der Waals surface area contributed by atoms with Crippen LogP contribution in [0.4, 0.5) is 14.5 Å². The fraction of sp³-hybridized carbons (Fsp3) is 0.174. The van der Waals surface area contributed by atoms with Crippen molar-refractivity contribution in [2.24, 2.45) is 0 Å².